The smallest absolute Gasteiger partial charge is 0.262 e. The molecule has 0 spiro atoms. The number of carbonyl (C=O) groups excluding carboxylic acids is 2. The van der Waals surface area contributed by atoms with E-state index in [-0.39, 0.29) is 24.9 Å². The van der Waals surface area contributed by atoms with E-state index in [1.807, 2.05) is 18.2 Å². The van der Waals surface area contributed by atoms with Crippen LogP contribution in [-0.4, -0.2) is 38.6 Å². The summed E-state index contributed by atoms with van der Waals surface area (Å²) in [6.45, 7) is -0.313. The van der Waals surface area contributed by atoms with Crippen LogP contribution in [0.25, 0.3) is 11.4 Å². The number of para-hydroxylation sites is 2. The zero-order valence-electron chi connectivity index (χ0n) is 13.7. The lowest BCUT2D eigenvalue weighted by molar-refractivity contribution is -0.119. The zero-order valence-corrected chi connectivity index (χ0v) is 13.7. The quantitative estimate of drug-likeness (QED) is 0.649. The molecule has 0 saturated heterocycles. The van der Waals surface area contributed by atoms with Gasteiger partial charge in [-0.15, -0.1) is 10.2 Å². The first-order valence-electron chi connectivity index (χ1n) is 7.75. The van der Waals surface area contributed by atoms with E-state index in [0.29, 0.717) is 17.0 Å². The van der Waals surface area contributed by atoms with Gasteiger partial charge in [0.25, 0.3) is 5.91 Å². The number of hydrogen-bond donors (Lipinski definition) is 2. The molecule has 0 aliphatic heterocycles. The number of nitrogens with two attached hydrogens (primary N) is 1. The molecule has 3 N–H and O–H groups in total. The molecular weight excluding hydrogens is 336 g/mol. The van der Waals surface area contributed by atoms with Crippen molar-refractivity contribution in [3.05, 3.63) is 54.6 Å². The topological polar surface area (TPSA) is 125 Å². The van der Waals surface area contributed by atoms with Gasteiger partial charge in [0.2, 0.25) is 11.7 Å². The molecule has 0 atom stereocenters. The highest BCUT2D eigenvalue weighted by molar-refractivity contribution is 5.95. The minimum absolute atomic E-state index is 0.139. The van der Waals surface area contributed by atoms with E-state index >= 15 is 0 Å². The van der Waals surface area contributed by atoms with E-state index in [2.05, 4.69) is 20.7 Å². The monoisotopic (exact) mass is 352 g/mol. The third-order valence-corrected chi connectivity index (χ3v) is 3.31. The Hall–Kier alpha value is -3.75. The molecule has 9 heteroatoms. The molecule has 0 saturated carbocycles. The van der Waals surface area contributed by atoms with E-state index < -0.39 is 5.91 Å². The molecule has 0 fully saturated rings. The van der Waals surface area contributed by atoms with Gasteiger partial charge < -0.3 is 15.8 Å². The Labute approximate surface area is 148 Å². The summed E-state index contributed by atoms with van der Waals surface area (Å²) >= 11 is 0. The van der Waals surface area contributed by atoms with Crippen molar-refractivity contribution in [2.75, 3.05) is 11.9 Å². The number of primary amides is 1. The number of ether oxygens (including phenoxy) is 1. The van der Waals surface area contributed by atoms with Crippen molar-refractivity contribution in [1.82, 2.24) is 20.2 Å². The van der Waals surface area contributed by atoms with Crippen LogP contribution in [0.2, 0.25) is 0 Å². The summed E-state index contributed by atoms with van der Waals surface area (Å²) in [4.78, 5) is 24.2. The zero-order chi connectivity index (χ0) is 18.4. The van der Waals surface area contributed by atoms with Crippen LogP contribution >= 0.6 is 0 Å². The third-order valence-electron chi connectivity index (χ3n) is 3.31. The Balaban J connectivity index is 1.69. The maximum absolute atomic E-state index is 12.2. The Morgan fingerprint density at radius 2 is 1.81 bits per heavy atom. The molecule has 0 bridgehead atoms. The molecule has 1 heterocycles. The molecule has 2 amide bonds. The van der Waals surface area contributed by atoms with Crippen molar-refractivity contribution >= 4 is 17.5 Å². The van der Waals surface area contributed by atoms with Crippen molar-refractivity contribution in [3.8, 4) is 17.1 Å². The maximum atomic E-state index is 12.2. The Bertz CT molecular complexity index is 910. The number of nitrogens with one attached hydrogen (secondary N) is 1. The van der Waals surface area contributed by atoms with Crippen molar-refractivity contribution < 1.29 is 14.3 Å². The highest BCUT2D eigenvalue weighted by Crippen LogP contribution is 2.24. The predicted molar refractivity (Wildman–Crippen MR) is 93.0 cm³/mol. The van der Waals surface area contributed by atoms with E-state index in [0.717, 1.165) is 4.80 Å². The van der Waals surface area contributed by atoms with Gasteiger partial charge in [-0.05, 0) is 29.5 Å². The van der Waals surface area contributed by atoms with E-state index in [1.54, 1.807) is 36.4 Å². The van der Waals surface area contributed by atoms with Gasteiger partial charge in [-0.3, -0.25) is 9.59 Å². The molecule has 3 aromatic rings. The van der Waals surface area contributed by atoms with E-state index in [1.165, 1.54) is 0 Å². The van der Waals surface area contributed by atoms with Gasteiger partial charge >= 0.3 is 0 Å². The first kappa shape index (κ1) is 17.1. The largest absolute Gasteiger partial charge is 0.484 e. The van der Waals surface area contributed by atoms with E-state index in [4.69, 9.17) is 10.5 Å². The highest BCUT2D eigenvalue weighted by atomic mass is 16.5. The molecule has 132 valence electrons. The molecule has 0 aliphatic rings. The molecule has 1 aromatic heterocycles. The first-order valence-corrected chi connectivity index (χ1v) is 7.75. The fraction of sp³-hybridized carbons (Fsp3) is 0.118. The van der Waals surface area contributed by atoms with Crippen LogP contribution in [0.15, 0.2) is 54.6 Å². The molecule has 0 aliphatic carbocycles. The second-order valence-electron chi connectivity index (χ2n) is 5.31. The van der Waals surface area contributed by atoms with Crippen molar-refractivity contribution in [1.29, 1.82) is 0 Å². The highest BCUT2D eigenvalue weighted by Gasteiger charge is 2.13. The van der Waals surface area contributed by atoms with Crippen LogP contribution < -0.4 is 15.8 Å². The lowest BCUT2D eigenvalue weighted by Crippen LogP contribution is -2.21. The third kappa shape index (κ3) is 4.41. The standard InChI is InChI=1S/C17H16N6O3/c18-15(24)10-23-21-17(20-22-23)13-8-4-5-9-14(13)19-16(25)11-26-12-6-2-1-3-7-12/h1-9H,10-11H2,(H2,18,24)(H,19,25). The maximum Gasteiger partial charge on any atom is 0.262 e. The normalized spacial score (nSPS) is 10.3. The lowest BCUT2D eigenvalue weighted by atomic mass is 10.1. The summed E-state index contributed by atoms with van der Waals surface area (Å²) in [6, 6.07) is 16.0. The van der Waals surface area contributed by atoms with Crippen molar-refractivity contribution in [2.45, 2.75) is 6.54 Å². The number of tetrazole rings is 1. The molecule has 9 nitrogen and oxygen atoms in total. The van der Waals surface area contributed by atoms with Gasteiger partial charge in [0, 0.05) is 5.56 Å². The van der Waals surface area contributed by atoms with Crippen LogP contribution in [0.3, 0.4) is 0 Å². The number of amides is 2. The molecule has 26 heavy (non-hydrogen) atoms. The minimum atomic E-state index is -0.575. The summed E-state index contributed by atoms with van der Waals surface area (Å²) in [5.41, 5.74) is 6.18. The molecule has 0 radical (unpaired) electrons. The molecule has 3 rings (SSSR count). The van der Waals surface area contributed by atoms with Crippen LogP contribution in [0.4, 0.5) is 5.69 Å². The second-order valence-corrected chi connectivity index (χ2v) is 5.31. The summed E-state index contributed by atoms with van der Waals surface area (Å²) in [5, 5.41) is 14.5. The molecule has 2 aromatic carbocycles. The number of rotatable bonds is 7. The van der Waals surface area contributed by atoms with Crippen molar-refractivity contribution in [3.63, 3.8) is 0 Å². The predicted octanol–water partition coefficient (Wildman–Crippen LogP) is 0.843. The number of aromatic nitrogens is 4. The van der Waals surface area contributed by atoms with Crippen molar-refractivity contribution in [2.24, 2.45) is 5.73 Å². The second kappa shape index (κ2) is 7.88. The van der Waals surface area contributed by atoms with Crippen LogP contribution in [0.5, 0.6) is 5.75 Å². The fourth-order valence-corrected chi connectivity index (χ4v) is 2.20. The number of nitrogens with zero attached hydrogens (tertiary/aromatic N) is 4. The Morgan fingerprint density at radius 3 is 2.58 bits per heavy atom. The van der Waals surface area contributed by atoms with Crippen LogP contribution in [0.1, 0.15) is 0 Å². The average molecular weight is 352 g/mol. The number of anilines is 1. The van der Waals surface area contributed by atoms with Gasteiger partial charge in [-0.1, -0.05) is 30.3 Å². The SMILES string of the molecule is NC(=O)Cn1nnc(-c2ccccc2NC(=O)COc2ccccc2)n1. The average Bonchev–Trinajstić information content (AvgIpc) is 3.09. The van der Waals surface area contributed by atoms with Gasteiger partial charge in [-0.25, -0.2) is 0 Å². The summed E-state index contributed by atoms with van der Waals surface area (Å²) in [5.74, 6) is -0.0300. The van der Waals surface area contributed by atoms with Gasteiger partial charge in [0.05, 0.1) is 5.69 Å². The number of benzene rings is 2. The fourth-order valence-electron chi connectivity index (χ4n) is 2.20. The Morgan fingerprint density at radius 1 is 1.08 bits per heavy atom. The summed E-state index contributed by atoms with van der Waals surface area (Å²) in [6.07, 6.45) is 0. The summed E-state index contributed by atoms with van der Waals surface area (Å²) in [7, 11) is 0. The van der Waals surface area contributed by atoms with Gasteiger partial charge in [0.1, 0.15) is 12.3 Å². The van der Waals surface area contributed by atoms with Gasteiger partial charge in [-0.2, -0.15) is 4.80 Å². The van der Waals surface area contributed by atoms with Gasteiger partial charge in [0.15, 0.2) is 6.61 Å². The van der Waals surface area contributed by atoms with Crippen LogP contribution in [0, 0.1) is 0 Å². The van der Waals surface area contributed by atoms with E-state index in [9.17, 15) is 9.59 Å². The number of carbonyl (C=O) groups is 2. The molecule has 0 unspecified atom stereocenters. The number of hydrogen-bond acceptors (Lipinski definition) is 6. The minimum Gasteiger partial charge on any atom is -0.484 e. The first-order chi connectivity index (χ1) is 12.6. The van der Waals surface area contributed by atoms with Crippen LogP contribution in [-0.2, 0) is 16.1 Å². The molecular formula is C17H16N6O3. The summed E-state index contributed by atoms with van der Waals surface area (Å²) < 4.78 is 5.42. The lowest BCUT2D eigenvalue weighted by Gasteiger charge is -2.09. The Kier molecular flexibility index (Phi) is 5.18.